The lowest BCUT2D eigenvalue weighted by molar-refractivity contribution is 0.357. The Balaban J connectivity index is 1.92. The topological polar surface area (TPSA) is 14.2 Å². The first kappa shape index (κ1) is 10.7. The van der Waals surface area contributed by atoms with E-state index in [1.165, 1.54) is 27.7 Å². The molecule has 2 nitrogen and oxygen atoms in total. The summed E-state index contributed by atoms with van der Waals surface area (Å²) in [6.07, 6.45) is 1.02. The van der Waals surface area contributed by atoms with Crippen LogP contribution >= 0.6 is 0 Å². The third kappa shape index (κ3) is 1.56. The lowest BCUT2D eigenvalue weighted by Gasteiger charge is -2.06. The molecule has 4 rings (SSSR count). The second-order valence-corrected chi connectivity index (χ2v) is 5.07. The predicted octanol–water partition coefficient (Wildman–Crippen LogP) is 3.78. The Labute approximate surface area is 112 Å². The van der Waals surface area contributed by atoms with Gasteiger partial charge in [0.2, 0.25) is 0 Å². The molecule has 2 aromatic carbocycles. The van der Waals surface area contributed by atoms with Crippen molar-refractivity contribution in [1.82, 2.24) is 4.57 Å². The monoisotopic (exact) mass is 249 g/mol. The van der Waals surface area contributed by atoms with Gasteiger partial charge in [-0.05, 0) is 41.5 Å². The minimum atomic E-state index is 0.813. The molecule has 3 aromatic rings. The maximum atomic E-state index is 5.57. The first-order chi connectivity index (χ1) is 9.33. The molecule has 0 saturated heterocycles. The average Bonchev–Trinajstić information content (AvgIpc) is 3.03. The molecule has 0 bridgehead atoms. The van der Waals surface area contributed by atoms with Gasteiger partial charge >= 0.3 is 0 Å². The summed E-state index contributed by atoms with van der Waals surface area (Å²) in [5, 5.41) is 1.29. The van der Waals surface area contributed by atoms with Crippen molar-refractivity contribution in [1.29, 1.82) is 0 Å². The molecule has 2 heteroatoms. The van der Waals surface area contributed by atoms with E-state index < -0.39 is 0 Å². The van der Waals surface area contributed by atoms with Crippen LogP contribution in [0.25, 0.3) is 22.2 Å². The van der Waals surface area contributed by atoms with Crippen LogP contribution < -0.4 is 4.74 Å². The summed E-state index contributed by atoms with van der Waals surface area (Å²) in [5.41, 5.74) is 5.12. The summed E-state index contributed by atoms with van der Waals surface area (Å²) in [6, 6.07) is 17.3. The van der Waals surface area contributed by atoms with E-state index >= 15 is 0 Å². The standard InChI is InChI=1S/C17H15NO/c1-18-15-5-3-2-4-12(15)11-16(18)13-6-7-17-14(10-13)8-9-19-17/h2-7,10-11H,8-9H2,1H3. The number of hydrogen-bond acceptors (Lipinski definition) is 1. The molecule has 0 amide bonds. The maximum Gasteiger partial charge on any atom is 0.122 e. The van der Waals surface area contributed by atoms with Crippen molar-refractivity contribution in [3.8, 4) is 17.0 Å². The van der Waals surface area contributed by atoms with Crippen molar-refractivity contribution in [3.05, 3.63) is 54.1 Å². The molecule has 19 heavy (non-hydrogen) atoms. The van der Waals surface area contributed by atoms with Crippen molar-refractivity contribution in [2.24, 2.45) is 7.05 Å². The van der Waals surface area contributed by atoms with Gasteiger partial charge in [-0.25, -0.2) is 0 Å². The van der Waals surface area contributed by atoms with E-state index in [4.69, 9.17) is 4.74 Å². The van der Waals surface area contributed by atoms with Crippen LogP contribution in [0.4, 0.5) is 0 Å². The molecule has 0 radical (unpaired) electrons. The molecular weight excluding hydrogens is 234 g/mol. The first-order valence-corrected chi connectivity index (χ1v) is 6.63. The molecule has 0 unspecified atom stereocenters. The van der Waals surface area contributed by atoms with Crippen LogP contribution in [0.1, 0.15) is 5.56 Å². The van der Waals surface area contributed by atoms with Crippen molar-refractivity contribution >= 4 is 10.9 Å². The molecule has 0 N–H and O–H groups in total. The molecule has 1 aromatic heterocycles. The molecule has 0 atom stereocenters. The van der Waals surface area contributed by atoms with Gasteiger partial charge < -0.3 is 9.30 Å². The van der Waals surface area contributed by atoms with Gasteiger partial charge in [-0.15, -0.1) is 0 Å². The first-order valence-electron chi connectivity index (χ1n) is 6.63. The molecule has 0 spiro atoms. The number of benzene rings is 2. The van der Waals surface area contributed by atoms with E-state index in [1.54, 1.807) is 0 Å². The molecule has 2 heterocycles. The molecule has 0 saturated carbocycles. The third-order valence-electron chi connectivity index (χ3n) is 3.94. The molecule has 1 aliphatic heterocycles. The van der Waals surface area contributed by atoms with E-state index in [9.17, 15) is 0 Å². The van der Waals surface area contributed by atoms with Crippen LogP contribution in [0.5, 0.6) is 5.75 Å². The largest absolute Gasteiger partial charge is 0.493 e. The van der Waals surface area contributed by atoms with Crippen LogP contribution in [-0.2, 0) is 13.5 Å². The Bertz CT molecular complexity index is 770. The molecule has 0 fully saturated rings. The lowest BCUT2D eigenvalue weighted by atomic mass is 10.1. The number of nitrogens with zero attached hydrogens (tertiary/aromatic N) is 1. The predicted molar refractivity (Wildman–Crippen MR) is 77.6 cm³/mol. The van der Waals surface area contributed by atoms with Gasteiger partial charge in [-0.2, -0.15) is 0 Å². The SMILES string of the molecule is Cn1c(-c2ccc3c(c2)CCO3)cc2ccccc21. The highest BCUT2D eigenvalue weighted by molar-refractivity contribution is 5.87. The van der Waals surface area contributed by atoms with Crippen molar-refractivity contribution in [2.75, 3.05) is 6.61 Å². The van der Waals surface area contributed by atoms with Crippen LogP contribution in [0.2, 0.25) is 0 Å². The molecular formula is C17H15NO. The van der Waals surface area contributed by atoms with E-state index in [0.717, 1.165) is 18.8 Å². The third-order valence-corrected chi connectivity index (χ3v) is 3.94. The van der Waals surface area contributed by atoms with E-state index in [2.05, 4.69) is 60.1 Å². The van der Waals surface area contributed by atoms with E-state index in [0.29, 0.717) is 0 Å². The Morgan fingerprint density at radius 2 is 1.95 bits per heavy atom. The summed E-state index contributed by atoms with van der Waals surface area (Å²) in [6.45, 7) is 0.813. The van der Waals surface area contributed by atoms with Gasteiger partial charge in [-0.1, -0.05) is 18.2 Å². The Hall–Kier alpha value is -2.22. The number of aryl methyl sites for hydroxylation is 1. The average molecular weight is 249 g/mol. The van der Waals surface area contributed by atoms with Gasteiger partial charge in [0.1, 0.15) is 5.75 Å². The highest BCUT2D eigenvalue weighted by atomic mass is 16.5. The number of rotatable bonds is 1. The van der Waals surface area contributed by atoms with E-state index in [1.807, 2.05) is 0 Å². The van der Waals surface area contributed by atoms with Crippen LogP contribution in [0.3, 0.4) is 0 Å². The normalized spacial score (nSPS) is 13.5. The summed E-state index contributed by atoms with van der Waals surface area (Å²) in [7, 11) is 2.13. The lowest BCUT2D eigenvalue weighted by Crippen LogP contribution is -1.91. The van der Waals surface area contributed by atoms with Crippen LogP contribution in [0, 0.1) is 0 Å². The Kier molecular flexibility index (Phi) is 2.18. The summed E-state index contributed by atoms with van der Waals surface area (Å²) in [5.74, 6) is 1.04. The van der Waals surface area contributed by atoms with E-state index in [-0.39, 0.29) is 0 Å². The number of aromatic nitrogens is 1. The highest BCUT2D eigenvalue weighted by Gasteiger charge is 2.14. The summed E-state index contributed by atoms with van der Waals surface area (Å²) < 4.78 is 7.83. The zero-order valence-corrected chi connectivity index (χ0v) is 10.9. The zero-order valence-electron chi connectivity index (χ0n) is 10.9. The minimum absolute atomic E-state index is 0.813. The number of para-hydroxylation sites is 1. The maximum absolute atomic E-state index is 5.57. The smallest absolute Gasteiger partial charge is 0.122 e. The number of hydrogen-bond donors (Lipinski definition) is 0. The van der Waals surface area contributed by atoms with Crippen LogP contribution in [0.15, 0.2) is 48.5 Å². The van der Waals surface area contributed by atoms with Gasteiger partial charge in [0, 0.05) is 30.1 Å². The summed E-state index contributed by atoms with van der Waals surface area (Å²) >= 11 is 0. The van der Waals surface area contributed by atoms with Gasteiger partial charge in [-0.3, -0.25) is 0 Å². The fraction of sp³-hybridized carbons (Fsp3) is 0.176. The molecule has 0 aliphatic carbocycles. The second-order valence-electron chi connectivity index (χ2n) is 5.07. The zero-order chi connectivity index (χ0) is 12.8. The fourth-order valence-electron chi connectivity index (χ4n) is 2.91. The summed E-state index contributed by atoms with van der Waals surface area (Å²) in [4.78, 5) is 0. The van der Waals surface area contributed by atoms with Gasteiger partial charge in [0.05, 0.1) is 6.61 Å². The van der Waals surface area contributed by atoms with Crippen molar-refractivity contribution < 1.29 is 4.74 Å². The highest BCUT2D eigenvalue weighted by Crippen LogP contribution is 2.32. The number of fused-ring (bicyclic) bond motifs is 2. The van der Waals surface area contributed by atoms with Crippen molar-refractivity contribution in [3.63, 3.8) is 0 Å². The van der Waals surface area contributed by atoms with Crippen molar-refractivity contribution in [2.45, 2.75) is 6.42 Å². The fourth-order valence-corrected chi connectivity index (χ4v) is 2.91. The minimum Gasteiger partial charge on any atom is -0.493 e. The second kappa shape index (κ2) is 3.89. The molecule has 94 valence electrons. The van der Waals surface area contributed by atoms with Gasteiger partial charge in [0.15, 0.2) is 0 Å². The Morgan fingerprint density at radius 3 is 2.84 bits per heavy atom. The number of ether oxygens (including phenoxy) is 1. The van der Waals surface area contributed by atoms with Gasteiger partial charge in [0.25, 0.3) is 0 Å². The van der Waals surface area contributed by atoms with Crippen LogP contribution in [-0.4, -0.2) is 11.2 Å². The molecule has 1 aliphatic rings. The Morgan fingerprint density at radius 1 is 1.05 bits per heavy atom. The quantitative estimate of drug-likeness (QED) is 0.640.